The summed E-state index contributed by atoms with van der Waals surface area (Å²) in [5.41, 5.74) is 2.44. The first-order chi connectivity index (χ1) is 15.6. The molecule has 3 heteroatoms. The molecule has 1 fully saturated rings. The molecule has 0 aromatic heterocycles. The third-order valence-corrected chi connectivity index (χ3v) is 6.42. The van der Waals surface area contributed by atoms with E-state index in [4.69, 9.17) is 4.74 Å². The molecule has 1 atom stereocenters. The fourth-order valence-electron chi connectivity index (χ4n) is 4.35. The van der Waals surface area contributed by atoms with Crippen molar-refractivity contribution in [3.8, 4) is 11.5 Å². The van der Waals surface area contributed by atoms with Crippen molar-refractivity contribution in [2.45, 2.75) is 83.7 Å². The summed E-state index contributed by atoms with van der Waals surface area (Å²) in [7, 11) is 0. The minimum Gasteiger partial charge on any atom is -0.504 e. The molecule has 0 radical (unpaired) electrons. The van der Waals surface area contributed by atoms with E-state index in [1.54, 1.807) is 12.1 Å². The molecule has 0 bridgehead atoms. The Balaban J connectivity index is 1.31. The number of phenols is 1. The molecular weight excluding hydrogens is 396 g/mol. The van der Waals surface area contributed by atoms with Crippen LogP contribution in [0.15, 0.2) is 60.7 Å². The van der Waals surface area contributed by atoms with Gasteiger partial charge in [0.05, 0.1) is 6.10 Å². The molecule has 2 aromatic carbocycles. The van der Waals surface area contributed by atoms with Gasteiger partial charge in [-0.15, -0.1) is 0 Å². The van der Waals surface area contributed by atoms with E-state index < -0.39 is 0 Å². The van der Waals surface area contributed by atoms with Gasteiger partial charge in [-0.2, -0.15) is 0 Å². The Morgan fingerprint density at radius 3 is 2.62 bits per heavy atom. The molecule has 1 N–H and O–H groups in total. The molecule has 0 amide bonds. The van der Waals surface area contributed by atoms with Crippen molar-refractivity contribution in [1.82, 2.24) is 0 Å². The van der Waals surface area contributed by atoms with E-state index in [-0.39, 0.29) is 17.6 Å². The number of hydrogen-bond donors (Lipinski definition) is 1. The van der Waals surface area contributed by atoms with Gasteiger partial charge in [0.15, 0.2) is 17.3 Å². The second-order valence-corrected chi connectivity index (χ2v) is 9.26. The summed E-state index contributed by atoms with van der Waals surface area (Å²) < 4.78 is 5.96. The fourth-order valence-corrected chi connectivity index (χ4v) is 4.35. The highest BCUT2D eigenvalue weighted by atomic mass is 16.5. The highest BCUT2D eigenvalue weighted by Crippen LogP contribution is 2.32. The summed E-state index contributed by atoms with van der Waals surface area (Å²) in [6.45, 7) is 2.32. The first-order valence-electron chi connectivity index (χ1n) is 12.3. The summed E-state index contributed by atoms with van der Waals surface area (Å²) in [6, 6.07) is 16.1. The van der Waals surface area contributed by atoms with Crippen molar-refractivity contribution in [2.24, 2.45) is 5.92 Å². The number of ether oxygens (including phenoxy) is 1. The quantitative estimate of drug-likeness (QED) is 0.268. The maximum atomic E-state index is 12.2. The molecule has 0 saturated heterocycles. The Labute approximate surface area is 193 Å². The van der Waals surface area contributed by atoms with Gasteiger partial charge in [-0.25, -0.2) is 0 Å². The molecule has 0 spiro atoms. The van der Waals surface area contributed by atoms with Crippen LogP contribution in [0.25, 0.3) is 0 Å². The molecule has 0 heterocycles. The zero-order valence-electron chi connectivity index (χ0n) is 19.5. The minimum atomic E-state index is 0.161. The number of allylic oxidation sites excluding steroid dienone is 2. The lowest BCUT2D eigenvalue weighted by Crippen LogP contribution is -2.11. The Bertz CT molecular complexity index is 850. The summed E-state index contributed by atoms with van der Waals surface area (Å²) in [6.07, 6.45) is 15.3. The lowest BCUT2D eigenvalue weighted by Gasteiger charge is -2.15. The van der Waals surface area contributed by atoms with Gasteiger partial charge >= 0.3 is 0 Å². The van der Waals surface area contributed by atoms with Crippen molar-refractivity contribution in [3.05, 3.63) is 71.8 Å². The number of carbonyl (C=O) groups is 1. The molecule has 1 saturated carbocycles. The second-order valence-electron chi connectivity index (χ2n) is 9.26. The number of unbranched alkanes of at least 4 members (excludes halogenated alkanes) is 1. The number of aryl methyl sites for hydroxylation is 2. The highest BCUT2D eigenvalue weighted by Gasteiger charge is 2.18. The molecule has 0 aliphatic heterocycles. The zero-order chi connectivity index (χ0) is 22.6. The van der Waals surface area contributed by atoms with Crippen LogP contribution in [-0.2, 0) is 17.6 Å². The number of ketones is 1. The Morgan fingerprint density at radius 2 is 1.84 bits per heavy atom. The largest absolute Gasteiger partial charge is 0.504 e. The maximum Gasteiger partial charge on any atom is 0.161 e. The van der Waals surface area contributed by atoms with E-state index in [0.29, 0.717) is 24.5 Å². The van der Waals surface area contributed by atoms with Gasteiger partial charge in [0.1, 0.15) is 0 Å². The first kappa shape index (κ1) is 24.1. The predicted octanol–water partition coefficient (Wildman–Crippen LogP) is 7.21. The number of phenolic OH excluding ortho intramolecular Hbond substituents is 1. The standard InChI is InChI=1S/C29H38O3/c1-23(16-17-24-11-5-3-6-12-24)10-4-2-7-13-26(30)20-18-25-19-21-28(31)29(22-25)32-27-14-8-9-15-27/h3,5-7,11-13,19,21-23,27,31H,2,4,8-10,14-18,20H2,1H3. The predicted molar refractivity (Wildman–Crippen MR) is 131 cm³/mol. The van der Waals surface area contributed by atoms with E-state index in [1.165, 1.54) is 31.2 Å². The monoisotopic (exact) mass is 434 g/mol. The normalized spacial score (nSPS) is 15.3. The topological polar surface area (TPSA) is 46.5 Å². The van der Waals surface area contributed by atoms with Gasteiger partial charge < -0.3 is 9.84 Å². The van der Waals surface area contributed by atoms with Crippen LogP contribution in [0, 0.1) is 5.92 Å². The van der Waals surface area contributed by atoms with Gasteiger partial charge in [0, 0.05) is 6.42 Å². The van der Waals surface area contributed by atoms with Crippen LogP contribution in [-0.4, -0.2) is 17.0 Å². The van der Waals surface area contributed by atoms with Crippen molar-refractivity contribution >= 4 is 5.78 Å². The molecular formula is C29H38O3. The first-order valence-corrected chi connectivity index (χ1v) is 12.3. The Hall–Kier alpha value is -2.55. The third-order valence-electron chi connectivity index (χ3n) is 6.42. The van der Waals surface area contributed by atoms with Gasteiger partial charge in [-0.05, 0) is 93.0 Å². The van der Waals surface area contributed by atoms with Crippen molar-refractivity contribution in [3.63, 3.8) is 0 Å². The van der Waals surface area contributed by atoms with E-state index in [9.17, 15) is 9.90 Å². The van der Waals surface area contributed by atoms with Crippen molar-refractivity contribution in [2.75, 3.05) is 0 Å². The number of carbonyl (C=O) groups excluding carboxylic acids is 1. The van der Waals surface area contributed by atoms with Crippen LogP contribution in [0.2, 0.25) is 0 Å². The smallest absolute Gasteiger partial charge is 0.161 e. The van der Waals surface area contributed by atoms with Crippen LogP contribution in [0.5, 0.6) is 11.5 Å². The zero-order valence-corrected chi connectivity index (χ0v) is 19.5. The summed E-state index contributed by atoms with van der Waals surface area (Å²) >= 11 is 0. The molecule has 172 valence electrons. The highest BCUT2D eigenvalue weighted by molar-refractivity contribution is 5.89. The summed E-state index contributed by atoms with van der Waals surface area (Å²) in [5, 5.41) is 10.1. The van der Waals surface area contributed by atoms with E-state index in [0.717, 1.165) is 37.7 Å². The lowest BCUT2D eigenvalue weighted by molar-refractivity contribution is -0.114. The number of rotatable bonds is 13. The fraction of sp³-hybridized carbons (Fsp3) is 0.483. The number of benzene rings is 2. The molecule has 32 heavy (non-hydrogen) atoms. The van der Waals surface area contributed by atoms with Crippen LogP contribution in [0.3, 0.4) is 0 Å². The maximum absolute atomic E-state index is 12.2. The molecule has 2 aromatic rings. The molecule has 3 nitrogen and oxygen atoms in total. The van der Waals surface area contributed by atoms with Crippen molar-refractivity contribution in [1.29, 1.82) is 0 Å². The van der Waals surface area contributed by atoms with Gasteiger partial charge in [-0.1, -0.05) is 55.8 Å². The molecule has 1 aliphatic rings. The average Bonchev–Trinajstić information content (AvgIpc) is 3.32. The van der Waals surface area contributed by atoms with Gasteiger partial charge in [-0.3, -0.25) is 4.79 Å². The molecule has 1 aliphatic carbocycles. The summed E-state index contributed by atoms with van der Waals surface area (Å²) in [5.74, 6) is 1.60. The van der Waals surface area contributed by atoms with E-state index in [1.807, 2.05) is 18.2 Å². The van der Waals surface area contributed by atoms with Crippen LogP contribution >= 0.6 is 0 Å². The van der Waals surface area contributed by atoms with Crippen LogP contribution in [0.4, 0.5) is 0 Å². The van der Waals surface area contributed by atoms with Crippen molar-refractivity contribution < 1.29 is 14.6 Å². The van der Waals surface area contributed by atoms with Gasteiger partial charge in [0.2, 0.25) is 0 Å². The van der Waals surface area contributed by atoms with Gasteiger partial charge in [0.25, 0.3) is 0 Å². The lowest BCUT2D eigenvalue weighted by atomic mass is 9.96. The van der Waals surface area contributed by atoms with E-state index in [2.05, 4.69) is 37.3 Å². The SMILES string of the molecule is CC(CCCC=CC(=O)CCc1ccc(O)c(OC2CCCC2)c1)CCc1ccccc1. The minimum absolute atomic E-state index is 0.161. The van der Waals surface area contributed by atoms with Crippen LogP contribution < -0.4 is 4.74 Å². The number of aromatic hydroxyl groups is 1. The third kappa shape index (κ3) is 8.53. The molecule has 1 unspecified atom stereocenters. The Kier molecular flexibility index (Phi) is 9.87. The second kappa shape index (κ2) is 13.1. The Morgan fingerprint density at radius 1 is 1.06 bits per heavy atom. The van der Waals surface area contributed by atoms with E-state index >= 15 is 0 Å². The summed E-state index contributed by atoms with van der Waals surface area (Å²) in [4.78, 5) is 12.2. The number of hydrogen-bond acceptors (Lipinski definition) is 3. The van der Waals surface area contributed by atoms with Crippen LogP contribution in [0.1, 0.15) is 75.8 Å². The molecule has 3 rings (SSSR count). The average molecular weight is 435 g/mol.